The maximum atomic E-state index is 10.9. The van der Waals surface area contributed by atoms with Gasteiger partial charge in [0.2, 0.25) is 5.91 Å². The Morgan fingerprint density at radius 3 is 2.22 bits per heavy atom. The first-order valence-electron chi connectivity index (χ1n) is 6.37. The number of carbonyl (C=O) groups is 1. The molecule has 0 aliphatic carbocycles. The first kappa shape index (κ1) is 13.1. The molecule has 0 radical (unpaired) electrons. The average Bonchev–Trinajstić information content (AvgIpc) is 2.35. The highest BCUT2D eigenvalue weighted by Crippen LogP contribution is 2.26. The Morgan fingerprint density at radius 2 is 1.78 bits per heavy atom. The molecule has 1 heterocycles. The van der Waals surface area contributed by atoms with E-state index in [-0.39, 0.29) is 18.2 Å². The quantitative estimate of drug-likeness (QED) is 0.621. The summed E-state index contributed by atoms with van der Waals surface area (Å²) in [5.41, 5.74) is 2.14. The molecule has 0 aromatic heterocycles. The van der Waals surface area contributed by atoms with Crippen molar-refractivity contribution >= 4 is 5.91 Å². The van der Waals surface area contributed by atoms with Crippen LogP contribution in [0, 0.1) is 0 Å². The van der Waals surface area contributed by atoms with E-state index in [9.17, 15) is 4.79 Å². The van der Waals surface area contributed by atoms with Gasteiger partial charge in [0.05, 0.1) is 12.5 Å². The van der Waals surface area contributed by atoms with Crippen LogP contribution in [0.1, 0.15) is 43.7 Å². The number of carbonyl (C=O) groups excluding carboxylic acids is 1. The van der Waals surface area contributed by atoms with E-state index in [2.05, 4.69) is 5.32 Å². The number of ether oxygens (including phenoxy) is 2. The monoisotopic (exact) mass is 249 g/mol. The second-order valence-corrected chi connectivity index (χ2v) is 4.23. The molecule has 1 atom stereocenters. The summed E-state index contributed by atoms with van der Waals surface area (Å²) in [6.45, 7) is 5.13. The number of nitrogens with one attached hydrogen (secondary N) is 1. The first-order chi connectivity index (χ1) is 8.74. The molecule has 2 rings (SSSR count). The van der Waals surface area contributed by atoms with Crippen LogP contribution < -0.4 is 5.32 Å². The molecule has 0 saturated carbocycles. The third kappa shape index (κ3) is 2.89. The number of rotatable bonds is 6. The van der Waals surface area contributed by atoms with Crippen molar-refractivity contribution in [2.75, 3.05) is 13.2 Å². The summed E-state index contributed by atoms with van der Waals surface area (Å²) in [5.74, 6) is 0.116. The van der Waals surface area contributed by atoms with Crippen LogP contribution in [-0.2, 0) is 14.3 Å². The summed E-state index contributed by atoms with van der Waals surface area (Å²) < 4.78 is 11.1. The van der Waals surface area contributed by atoms with E-state index in [0.29, 0.717) is 19.6 Å². The van der Waals surface area contributed by atoms with Gasteiger partial charge >= 0.3 is 0 Å². The van der Waals surface area contributed by atoms with Gasteiger partial charge in [0.25, 0.3) is 0 Å². The Balaban J connectivity index is 2.03. The lowest BCUT2D eigenvalue weighted by atomic mass is 9.96. The van der Waals surface area contributed by atoms with Gasteiger partial charge in [0.1, 0.15) is 0 Å². The smallest absolute Gasteiger partial charge is 0.222 e. The van der Waals surface area contributed by atoms with Crippen molar-refractivity contribution in [2.45, 2.75) is 32.6 Å². The van der Waals surface area contributed by atoms with Crippen molar-refractivity contribution in [1.82, 2.24) is 5.32 Å². The third-order valence-electron chi connectivity index (χ3n) is 2.97. The predicted molar refractivity (Wildman–Crippen MR) is 67.9 cm³/mol. The van der Waals surface area contributed by atoms with E-state index in [0.717, 1.165) is 11.1 Å². The van der Waals surface area contributed by atoms with E-state index >= 15 is 0 Å². The van der Waals surface area contributed by atoms with Gasteiger partial charge in [-0.2, -0.15) is 0 Å². The van der Waals surface area contributed by atoms with Crippen molar-refractivity contribution in [3.63, 3.8) is 0 Å². The molecule has 0 bridgehead atoms. The van der Waals surface area contributed by atoms with Gasteiger partial charge in [0, 0.05) is 18.8 Å². The lowest BCUT2D eigenvalue weighted by Gasteiger charge is -2.27. The average molecular weight is 249 g/mol. The zero-order valence-electron chi connectivity index (χ0n) is 10.8. The number of hydrogen-bond acceptors (Lipinski definition) is 3. The Morgan fingerprint density at radius 1 is 1.22 bits per heavy atom. The molecular weight excluding hydrogens is 230 g/mol. The van der Waals surface area contributed by atoms with Crippen molar-refractivity contribution in [1.29, 1.82) is 0 Å². The predicted octanol–water partition coefficient (Wildman–Crippen LogP) is 2.32. The van der Waals surface area contributed by atoms with Crippen LogP contribution in [0.2, 0.25) is 0 Å². The minimum absolute atomic E-state index is 0.116. The van der Waals surface area contributed by atoms with Gasteiger partial charge in [-0.05, 0) is 19.4 Å². The molecule has 0 spiro atoms. The van der Waals surface area contributed by atoms with Crippen molar-refractivity contribution in [2.24, 2.45) is 0 Å². The van der Waals surface area contributed by atoms with Gasteiger partial charge in [0.15, 0.2) is 6.29 Å². The topological polar surface area (TPSA) is 47.6 Å². The summed E-state index contributed by atoms with van der Waals surface area (Å²) in [5, 5.41) is 2.86. The van der Waals surface area contributed by atoms with Crippen molar-refractivity contribution in [3.05, 3.63) is 35.4 Å². The molecular formula is C14H19NO3. The minimum atomic E-state index is -0.301. The second kappa shape index (κ2) is 5.98. The summed E-state index contributed by atoms with van der Waals surface area (Å²) in [6.07, 6.45) is 0.282. The third-order valence-corrected chi connectivity index (χ3v) is 2.97. The van der Waals surface area contributed by atoms with Crippen molar-refractivity contribution < 1.29 is 14.3 Å². The van der Waals surface area contributed by atoms with Gasteiger partial charge in [-0.25, -0.2) is 0 Å². The molecule has 1 aromatic rings. The van der Waals surface area contributed by atoms with Crippen LogP contribution in [-0.4, -0.2) is 19.1 Å². The SMILES string of the molecule is CCOC(OCC)c1ccc(C2CC(=O)N2)cc1. The lowest BCUT2D eigenvalue weighted by Crippen LogP contribution is -2.41. The summed E-state index contributed by atoms with van der Waals surface area (Å²) >= 11 is 0. The van der Waals surface area contributed by atoms with E-state index in [4.69, 9.17) is 9.47 Å². The standard InChI is InChI=1S/C14H19NO3/c1-3-17-14(18-4-2)11-7-5-10(6-8-11)12-9-13(16)15-12/h5-8,12,14H,3-4,9H2,1-2H3,(H,15,16). The molecule has 1 aliphatic heterocycles. The number of hydrogen-bond donors (Lipinski definition) is 1. The first-order valence-corrected chi connectivity index (χ1v) is 6.37. The Bertz CT molecular complexity index is 388. The molecule has 1 unspecified atom stereocenters. The Labute approximate surface area is 107 Å². The van der Waals surface area contributed by atoms with Gasteiger partial charge in [-0.1, -0.05) is 24.3 Å². The van der Waals surface area contributed by atoms with E-state index in [1.807, 2.05) is 38.1 Å². The van der Waals surface area contributed by atoms with E-state index in [1.54, 1.807) is 0 Å². The van der Waals surface area contributed by atoms with Crippen LogP contribution in [0.15, 0.2) is 24.3 Å². The lowest BCUT2D eigenvalue weighted by molar-refractivity contribution is -0.140. The van der Waals surface area contributed by atoms with E-state index < -0.39 is 0 Å². The van der Waals surface area contributed by atoms with Gasteiger partial charge in [-0.15, -0.1) is 0 Å². The van der Waals surface area contributed by atoms with Crippen molar-refractivity contribution in [3.8, 4) is 0 Å². The zero-order valence-corrected chi connectivity index (χ0v) is 10.8. The summed E-state index contributed by atoms with van der Waals surface area (Å²) in [4.78, 5) is 10.9. The molecule has 1 amide bonds. The van der Waals surface area contributed by atoms with Gasteiger partial charge < -0.3 is 14.8 Å². The van der Waals surface area contributed by atoms with Crippen LogP contribution in [0.5, 0.6) is 0 Å². The largest absolute Gasteiger partial charge is 0.349 e. The molecule has 98 valence electrons. The van der Waals surface area contributed by atoms with Crippen LogP contribution in [0.4, 0.5) is 0 Å². The highest BCUT2D eigenvalue weighted by atomic mass is 16.7. The molecule has 1 N–H and O–H groups in total. The van der Waals surface area contributed by atoms with Gasteiger partial charge in [-0.3, -0.25) is 4.79 Å². The highest BCUT2D eigenvalue weighted by molar-refractivity contribution is 5.83. The number of β-lactam (4-membered cyclic amide) rings is 1. The maximum absolute atomic E-state index is 10.9. The summed E-state index contributed by atoms with van der Waals surface area (Å²) in [7, 11) is 0. The van der Waals surface area contributed by atoms with Crippen LogP contribution in [0.3, 0.4) is 0 Å². The molecule has 4 nitrogen and oxygen atoms in total. The fourth-order valence-electron chi connectivity index (χ4n) is 1.99. The van der Waals surface area contributed by atoms with Crippen LogP contribution >= 0.6 is 0 Å². The van der Waals surface area contributed by atoms with Crippen LogP contribution in [0.25, 0.3) is 0 Å². The normalized spacial score (nSPS) is 18.6. The number of benzene rings is 1. The molecule has 18 heavy (non-hydrogen) atoms. The molecule has 1 saturated heterocycles. The molecule has 1 fully saturated rings. The number of amides is 1. The maximum Gasteiger partial charge on any atom is 0.222 e. The molecule has 4 heteroatoms. The Kier molecular flexibility index (Phi) is 4.33. The summed E-state index contributed by atoms with van der Waals surface area (Å²) in [6, 6.07) is 8.20. The highest BCUT2D eigenvalue weighted by Gasteiger charge is 2.26. The minimum Gasteiger partial charge on any atom is -0.349 e. The second-order valence-electron chi connectivity index (χ2n) is 4.23. The fourth-order valence-corrected chi connectivity index (χ4v) is 1.99. The fraction of sp³-hybridized carbons (Fsp3) is 0.500. The molecule has 1 aliphatic rings. The zero-order chi connectivity index (χ0) is 13.0. The molecule has 1 aromatic carbocycles. The Hall–Kier alpha value is -1.39. The van der Waals surface area contributed by atoms with E-state index in [1.165, 1.54) is 0 Å².